The lowest BCUT2D eigenvalue weighted by Crippen LogP contribution is -2.32. The highest BCUT2D eigenvalue weighted by Gasteiger charge is 2.11. The van der Waals surface area contributed by atoms with E-state index in [-0.39, 0.29) is 5.91 Å². The zero-order valence-corrected chi connectivity index (χ0v) is 10.4. The van der Waals surface area contributed by atoms with Crippen LogP contribution in [0, 0.1) is 0 Å². The highest BCUT2D eigenvalue weighted by Crippen LogP contribution is 2.07. The first-order chi connectivity index (χ1) is 8.83. The van der Waals surface area contributed by atoms with Crippen molar-refractivity contribution in [3.05, 3.63) is 30.4 Å². The third-order valence-corrected chi connectivity index (χ3v) is 2.58. The third-order valence-electron chi connectivity index (χ3n) is 2.58. The van der Waals surface area contributed by atoms with Crippen molar-refractivity contribution in [1.29, 1.82) is 0 Å². The lowest BCUT2D eigenvalue weighted by atomic mass is 10.3. The number of nitrogens with one attached hydrogen (secondary N) is 2. The molecule has 2 N–H and O–H groups in total. The van der Waals surface area contributed by atoms with Crippen molar-refractivity contribution >= 4 is 11.4 Å². The van der Waals surface area contributed by atoms with Crippen LogP contribution in [0.4, 0.5) is 0 Å². The van der Waals surface area contributed by atoms with Crippen LogP contribution < -0.4 is 10.6 Å². The molecule has 0 unspecified atom stereocenters. The molecule has 2 aromatic rings. The van der Waals surface area contributed by atoms with Gasteiger partial charge in [0.05, 0.1) is 23.5 Å². The van der Waals surface area contributed by atoms with Crippen molar-refractivity contribution in [1.82, 2.24) is 25.2 Å². The molecule has 0 radical (unpaired) electrons. The maximum atomic E-state index is 11.9. The summed E-state index contributed by atoms with van der Waals surface area (Å²) in [4.78, 5) is 15.9. The second kappa shape index (κ2) is 6.11. The first-order valence-electron chi connectivity index (χ1n) is 6.09. The molecule has 0 fully saturated rings. The van der Waals surface area contributed by atoms with Gasteiger partial charge in [0.2, 0.25) is 0 Å². The summed E-state index contributed by atoms with van der Waals surface area (Å²) in [6.07, 6.45) is 7.64. The molecule has 18 heavy (non-hydrogen) atoms. The van der Waals surface area contributed by atoms with E-state index in [4.69, 9.17) is 0 Å². The Morgan fingerprint density at radius 3 is 3.06 bits per heavy atom. The van der Waals surface area contributed by atoms with Gasteiger partial charge in [-0.1, -0.05) is 6.92 Å². The molecule has 0 bridgehead atoms. The lowest BCUT2D eigenvalue weighted by molar-refractivity contribution is 0.0955. The van der Waals surface area contributed by atoms with Gasteiger partial charge in [-0.2, -0.15) is 5.10 Å². The van der Waals surface area contributed by atoms with Gasteiger partial charge in [-0.3, -0.25) is 9.78 Å². The van der Waals surface area contributed by atoms with Gasteiger partial charge in [0.25, 0.3) is 5.91 Å². The summed E-state index contributed by atoms with van der Waals surface area (Å²) < 4.78 is 1.64. The van der Waals surface area contributed by atoms with Gasteiger partial charge in [-0.05, 0) is 13.0 Å². The number of carbonyl (C=O) groups is 1. The van der Waals surface area contributed by atoms with Gasteiger partial charge in [0.1, 0.15) is 0 Å². The minimum absolute atomic E-state index is 0.115. The molecule has 2 aromatic heterocycles. The van der Waals surface area contributed by atoms with E-state index in [1.54, 1.807) is 29.3 Å². The van der Waals surface area contributed by atoms with Crippen LogP contribution in [0.2, 0.25) is 0 Å². The zero-order valence-electron chi connectivity index (χ0n) is 10.4. The SMILES string of the molecule is CCCNCCNC(=O)c1cnn2ccncc12. The molecule has 0 aliphatic heterocycles. The molecule has 2 heterocycles. The summed E-state index contributed by atoms with van der Waals surface area (Å²) in [5.74, 6) is -0.115. The van der Waals surface area contributed by atoms with Crippen molar-refractivity contribution in [2.45, 2.75) is 13.3 Å². The lowest BCUT2D eigenvalue weighted by Gasteiger charge is -2.04. The summed E-state index contributed by atoms with van der Waals surface area (Å²) in [5.41, 5.74) is 1.27. The van der Waals surface area contributed by atoms with Crippen molar-refractivity contribution in [3.8, 4) is 0 Å². The molecule has 1 amide bonds. The average Bonchev–Trinajstić information content (AvgIpc) is 2.82. The predicted octanol–water partition coefficient (Wildman–Crippen LogP) is 0.459. The Bertz CT molecular complexity index is 522. The number of hydrogen-bond acceptors (Lipinski definition) is 4. The molecule has 6 heteroatoms. The summed E-state index contributed by atoms with van der Waals surface area (Å²) >= 11 is 0. The minimum Gasteiger partial charge on any atom is -0.351 e. The summed E-state index contributed by atoms with van der Waals surface area (Å²) in [6, 6.07) is 0. The fraction of sp³-hybridized carbons (Fsp3) is 0.417. The van der Waals surface area contributed by atoms with Crippen molar-refractivity contribution in [3.63, 3.8) is 0 Å². The molecular weight excluding hydrogens is 230 g/mol. The number of rotatable bonds is 6. The number of carbonyl (C=O) groups excluding carboxylic acids is 1. The van der Waals surface area contributed by atoms with Gasteiger partial charge >= 0.3 is 0 Å². The fourth-order valence-electron chi connectivity index (χ4n) is 1.67. The van der Waals surface area contributed by atoms with Crippen LogP contribution in [0.15, 0.2) is 24.8 Å². The summed E-state index contributed by atoms with van der Waals surface area (Å²) in [5, 5.41) is 10.2. The number of aromatic nitrogens is 3. The van der Waals surface area contributed by atoms with E-state index >= 15 is 0 Å². The second-order valence-corrected chi connectivity index (χ2v) is 3.97. The Morgan fingerprint density at radius 2 is 2.22 bits per heavy atom. The largest absolute Gasteiger partial charge is 0.351 e. The normalized spacial score (nSPS) is 10.7. The first-order valence-corrected chi connectivity index (χ1v) is 6.09. The Balaban J connectivity index is 1.93. The highest BCUT2D eigenvalue weighted by atomic mass is 16.1. The Labute approximate surface area is 105 Å². The van der Waals surface area contributed by atoms with E-state index < -0.39 is 0 Å². The summed E-state index contributed by atoms with van der Waals surface area (Å²) in [7, 11) is 0. The van der Waals surface area contributed by atoms with Crippen LogP contribution in [0.3, 0.4) is 0 Å². The smallest absolute Gasteiger partial charge is 0.255 e. The van der Waals surface area contributed by atoms with Gasteiger partial charge in [0, 0.05) is 25.5 Å². The summed E-state index contributed by atoms with van der Waals surface area (Å²) in [6.45, 7) is 4.46. The van der Waals surface area contributed by atoms with Crippen LogP contribution in [0.1, 0.15) is 23.7 Å². The van der Waals surface area contributed by atoms with E-state index in [0.717, 1.165) is 25.0 Å². The van der Waals surface area contributed by atoms with Crippen LogP contribution in [-0.2, 0) is 0 Å². The predicted molar refractivity (Wildman–Crippen MR) is 68.5 cm³/mol. The van der Waals surface area contributed by atoms with Gasteiger partial charge in [0.15, 0.2) is 0 Å². The molecule has 0 aromatic carbocycles. The Hall–Kier alpha value is -1.95. The quantitative estimate of drug-likeness (QED) is 0.727. The van der Waals surface area contributed by atoms with E-state index in [0.29, 0.717) is 12.1 Å². The third kappa shape index (κ3) is 2.84. The Morgan fingerprint density at radius 1 is 1.33 bits per heavy atom. The fourth-order valence-corrected chi connectivity index (χ4v) is 1.67. The van der Waals surface area contributed by atoms with E-state index in [1.165, 1.54) is 0 Å². The van der Waals surface area contributed by atoms with Crippen LogP contribution in [0.25, 0.3) is 5.52 Å². The second-order valence-electron chi connectivity index (χ2n) is 3.97. The van der Waals surface area contributed by atoms with Gasteiger partial charge in [-0.15, -0.1) is 0 Å². The van der Waals surface area contributed by atoms with Gasteiger partial charge < -0.3 is 10.6 Å². The van der Waals surface area contributed by atoms with E-state index in [1.807, 2.05) is 0 Å². The van der Waals surface area contributed by atoms with Crippen molar-refractivity contribution in [2.24, 2.45) is 0 Å². The maximum Gasteiger partial charge on any atom is 0.255 e. The average molecular weight is 247 g/mol. The standard InChI is InChI=1S/C12H17N5O/c1-2-3-13-4-5-15-12(18)10-8-16-17-7-6-14-9-11(10)17/h6-9,13H,2-5H2,1H3,(H,15,18). The van der Waals surface area contributed by atoms with Crippen LogP contribution in [0.5, 0.6) is 0 Å². The van der Waals surface area contributed by atoms with Gasteiger partial charge in [-0.25, -0.2) is 4.52 Å². The monoisotopic (exact) mass is 247 g/mol. The minimum atomic E-state index is -0.115. The highest BCUT2D eigenvalue weighted by molar-refractivity contribution is 6.00. The molecule has 0 saturated carbocycles. The van der Waals surface area contributed by atoms with Crippen molar-refractivity contribution in [2.75, 3.05) is 19.6 Å². The zero-order chi connectivity index (χ0) is 12.8. The molecule has 2 rings (SSSR count). The topological polar surface area (TPSA) is 71.3 Å². The van der Waals surface area contributed by atoms with Crippen LogP contribution >= 0.6 is 0 Å². The number of fused-ring (bicyclic) bond motifs is 1. The molecule has 0 aliphatic rings. The maximum absolute atomic E-state index is 11.9. The number of amides is 1. The van der Waals surface area contributed by atoms with E-state index in [2.05, 4.69) is 27.6 Å². The number of nitrogens with zero attached hydrogens (tertiary/aromatic N) is 3. The number of hydrogen-bond donors (Lipinski definition) is 2. The molecule has 96 valence electrons. The molecule has 6 nitrogen and oxygen atoms in total. The van der Waals surface area contributed by atoms with Crippen LogP contribution in [-0.4, -0.2) is 40.1 Å². The molecule has 0 atom stereocenters. The van der Waals surface area contributed by atoms with E-state index in [9.17, 15) is 4.79 Å². The Kier molecular flexibility index (Phi) is 4.25. The molecule has 0 aliphatic carbocycles. The first kappa shape index (κ1) is 12.5. The molecule has 0 saturated heterocycles. The molecular formula is C12H17N5O. The molecule has 0 spiro atoms. The van der Waals surface area contributed by atoms with Crippen molar-refractivity contribution < 1.29 is 4.79 Å².